The molecule has 0 unspecified atom stereocenters. The highest BCUT2D eigenvalue weighted by molar-refractivity contribution is 6.10. The van der Waals surface area contributed by atoms with Crippen LogP contribution in [0.1, 0.15) is 22.6 Å². The standard InChI is InChI=1S/C20H18N4O3/c1-12-16(13(2)27-23-12)11-24-17-4-3-15(21)10-18(17)26-19(20(24)25)9-14-5-7-22-8-6-14/h3-10H,11,21H2,1-2H3/b19-9+. The van der Waals surface area contributed by atoms with E-state index in [2.05, 4.69) is 10.1 Å². The lowest BCUT2D eigenvalue weighted by Gasteiger charge is -2.30. The number of aryl methyl sites for hydroxylation is 2. The highest BCUT2D eigenvalue weighted by atomic mass is 16.5. The van der Waals surface area contributed by atoms with Crippen LogP contribution >= 0.6 is 0 Å². The molecule has 1 aromatic carbocycles. The number of amides is 1. The van der Waals surface area contributed by atoms with Crippen LogP contribution in [0.25, 0.3) is 6.08 Å². The van der Waals surface area contributed by atoms with Crippen LogP contribution in [-0.4, -0.2) is 16.0 Å². The fraction of sp³-hybridized carbons (Fsp3) is 0.150. The molecular weight excluding hydrogens is 344 g/mol. The average molecular weight is 362 g/mol. The molecule has 136 valence electrons. The van der Waals surface area contributed by atoms with Gasteiger partial charge in [0, 0.05) is 29.7 Å². The number of fused-ring (bicyclic) bond motifs is 1. The van der Waals surface area contributed by atoms with Crippen LogP contribution < -0.4 is 15.4 Å². The van der Waals surface area contributed by atoms with Gasteiger partial charge in [-0.15, -0.1) is 0 Å². The second-order valence-electron chi connectivity index (χ2n) is 6.31. The summed E-state index contributed by atoms with van der Waals surface area (Å²) in [6.45, 7) is 4.01. The van der Waals surface area contributed by atoms with Gasteiger partial charge in [0.2, 0.25) is 0 Å². The van der Waals surface area contributed by atoms with E-state index in [9.17, 15) is 4.79 Å². The minimum Gasteiger partial charge on any atom is -0.449 e. The molecule has 2 N–H and O–H groups in total. The van der Waals surface area contributed by atoms with Crippen molar-refractivity contribution in [2.45, 2.75) is 20.4 Å². The number of carbonyl (C=O) groups is 1. The number of hydrogen-bond donors (Lipinski definition) is 1. The van der Waals surface area contributed by atoms with Crippen molar-refractivity contribution in [3.05, 3.63) is 71.1 Å². The Morgan fingerprint density at radius 2 is 1.96 bits per heavy atom. The van der Waals surface area contributed by atoms with Gasteiger partial charge in [-0.25, -0.2) is 0 Å². The van der Waals surface area contributed by atoms with Crippen molar-refractivity contribution in [3.63, 3.8) is 0 Å². The summed E-state index contributed by atoms with van der Waals surface area (Å²) in [5.41, 5.74) is 9.56. The number of carbonyl (C=O) groups excluding carboxylic acids is 1. The lowest BCUT2D eigenvalue weighted by molar-refractivity contribution is -0.117. The summed E-state index contributed by atoms with van der Waals surface area (Å²) < 4.78 is 11.1. The molecule has 2 aromatic heterocycles. The maximum atomic E-state index is 13.2. The first-order valence-electron chi connectivity index (χ1n) is 8.45. The van der Waals surface area contributed by atoms with Gasteiger partial charge in [0.05, 0.1) is 17.9 Å². The molecule has 0 aliphatic carbocycles. The van der Waals surface area contributed by atoms with Crippen molar-refractivity contribution >= 4 is 23.4 Å². The Balaban J connectivity index is 1.79. The number of nitrogens with zero attached hydrogens (tertiary/aromatic N) is 3. The third kappa shape index (κ3) is 3.15. The van der Waals surface area contributed by atoms with Gasteiger partial charge in [-0.05, 0) is 49.8 Å². The number of hydrogen-bond acceptors (Lipinski definition) is 6. The fourth-order valence-corrected chi connectivity index (χ4v) is 2.98. The number of rotatable bonds is 3. The normalized spacial score (nSPS) is 15.0. The summed E-state index contributed by atoms with van der Waals surface area (Å²) in [7, 11) is 0. The van der Waals surface area contributed by atoms with Crippen molar-refractivity contribution in [2.24, 2.45) is 0 Å². The van der Waals surface area contributed by atoms with Crippen molar-refractivity contribution in [1.82, 2.24) is 10.1 Å². The number of pyridine rings is 1. The Morgan fingerprint density at radius 1 is 1.19 bits per heavy atom. The van der Waals surface area contributed by atoms with E-state index in [1.165, 1.54) is 0 Å². The van der Waals surface area contributed by atoms with E-state index >= 15 is 0 Å². The first kappa shape index (κ1) is 16.8. The van der Waals surface area contributed by atoms with Gasteiger partial charge in [-0.2, -0.15) is 0 Å². The van der Waals surface area contributed by atoms with E-state index in [4.69, 9.17) is 15.0 Å². The lowest BCUT2D eigenvalue weighted by Crippen LogP contribution is -2.37. The molecule has 0 saturated heterocycles. The van der Waals surface area contributed by atoms with Gasteiger partial charge >= 0.3 is 0 Å². The van der Waals surface area contributed by atoms with Crippen LogP contribution in [0.3, 0.4) is 0 Å². The van der Waals surface area contributed by atoms with E-state index in [0.29, 0.717) is 29.4 Å². The van der Waals surface area contributed by atoms with Crippen molar-refractivity contribution < 1.29 is 14.1 Å². The number of anilines is 2. The minimum absolute atomic E-state index is 0.214. The molecule has 3 aromatic rings. The number of aromatic nitrogens is 2. The molecular formula is C20H18N4O3. The summed E-state index contributed by atoms with van der Waals surface area (Å²) in [6.07, 6.45) is 5.01. The minimum atomic E-state index is -0.246. The Morgan fingerprint density at radius 3 is 2.67 bits per heavy atom. The second kappa shape index (κ2) is 6.60. The van der Waals surface area contributed by atoms with E-state index in [-0.39, 0.29) is 11.7 Å². The Hall–Kier alpha value is -3.61. The maximum Gasteiger partial charge on any atom is 0.294 e. The third-order valence-electron chi connectivity index (χ3n) is 4.45. The smallest absolute Gasteiger partial charge is 0.294 e. The fourth-order valence-electron chi connectivity index (χ4n) is 2.98. The largest absolute Gasteiger partial charge is 0.449 e. The highest BCUT2D eigenvalue weighted by Gasteiger charge is 2.31. The van der Waals surface area contributed by atoms with Crippen molar-refractivity contribution in [2.75, 3.05) is 10.6 Å². The molecule has 7 heteroatoms. The van der Waals surface area contributed by atoms with Gasteiger partial charge in [-0.1, -0.05) is 5.16 Å². The molecule has 3 heterocycles. The quantitative estimate of drug-likeness (QED) is 0.568. The highest BCUT2D eigenvalue weighted by Crippen LogP contribution is 2.38. The molecule has 1 aliphatic heterocycles. The summed E-state index contributed by atoms with van der Waals surface area (Å²) in [5, 5.41) is 3.98. The van der Waals surface area contributed by atoms with Crippen LogP contribution in [0.15, 0.2) is 53.0 Å². The Bertz CT molecular complexity index is 1020. The molecule has 0 bridgehead atoms. The van der Waals surface area contributed by atoms with Crippen LogP contribution in [0.4, 0.5) is 11.4 Å². The molecule has 1 aliphatic rings. The molecule has 0 fully saturated rings. The predicted molar refractivity (Wildman–Crippen MR) is 101 cm³/mol. The first-order chi connectivity index (χ1) is 13.0. The van der Waals surface area contributed by atoms with Gasteiger partial charge in [0.15, 0.2) is 11.5 Å². The molecule has 4 rings (SSSR count). The van der Waals surface area contributed by atoms with Crippen LogP contribution in [-0.2, 0) is 11.3 Å². The number of ether oxygens (including phenoxy) is 1. The van der Waals surface area contributed by atoms with Crippen LogP contribution in [0.2, 0.25) is 0 Å². The zero-order chi connectivity index (χ0) is 19.0. The Labute approximate surface area is 156 Å². The lowest BCUT2D eigenvalue weighted by atomic mass is 10.1. The van der Waals surface area contributed by atoms with Crippen LogP contribution in [0, 0.1) is 13.8 Å². The van der Waals surface area contributed by atoms with Gasteiger partial charge < -0.3 is 15.0 Å². The van der Waals surface area contributed by atoms with E-state index in [1.807, 2.05) is 13.8 Å². The Kier molecular flexibility index (Phi) is 4.12. The maximum absolute atomic E-state index is 13.2. The third-order valence-corrected chi connectivity index (χ3v) is 4.45. The SMILES string of the molecule is Cc1noc(C)c1CN1C(=O)/C(=C\c2ccncc2)Oc2cc(N)ccc21. The topological polar surface area (TPSA) is 94.5 Å². The molecule has 1 amide bonds. The summed E-state index contributed by atoms with van der Waals surface area (Å²) in [5.74, 6) is 1.18. The summed E-state index contributed by atoms with van der Waals surface area (Å²) in [6, 6.07) is 8.84. The summed E-state index contributed by atoms with van der Waals surface area (Å²) in [4.78, 5) is 18.8. The molecule has 27 heavy (non-hydrogen) atoms. The zero-order valence-electron chi connectivity index (χ0n) is 15.0. The summed E-state index contributed by atoms with van der Waals surface area (Å²) >= 11 is 0. The average Bonchev–Trinajstić information content (AvgIpc) is 2.97. The van der Waals surface area contributed by atoms with Crippen LogP contribution in [0.5, 0.6) is 5.75 Å². The van der Waals surface area contributed by atoms with Gasteiger partial charge in [0.25, 0.3) is 5.91 Å². The number of nitrogen functional groups attached to an aromatic ring is 1. The first-order valence-corrected chi connectivity index (χ1v) is 8.45. The van der Waals surface area contributed by atoms with Crippen molar-refractivity contribution in [3.8, 4) is 5.75 Å². The van der Waals surface area contributed by atoms with E-state index in [0.717, 1.165) is 16.8 Å². The molecule has 7 nitrogen and oxygen atoms in total. The zero-order valence-corrected chi connectivity index (χ0v) is 15.0. The monoisotopic (exact) mass is 362 g/mol. The van der Waals surface area contributed by atoms with E-state index < -0.39 is 0 Å². The van der Waals surface area contributed by atoms with Gasteiger partial charge in [0.1, 0.15) is 5.76 Å². The van der Waals surface area contributed by atoms with Gasteiger partial charge in [-0.3, -0.25) is 14.7 Å². The van der Waals surface area contributed by atoms with Crippen molar-refractivity contribution in [1.29, 1.82) is 0 Å². The number of nitrogens with two attached hydrogens (primary N) is 1. The number of benzene rings is 1. The molecule has 0 saturated carbocycles. The predicted octanol–water partition coefficient (Wildman–Crippen LogP) is 3.24. The molecule has 0 atom stereocenters. The molecule has 0 spiro atoms. The second-order valence-corrected chi connectivity index (χ2v) is 6.31. The molecule has 0 radical (unpaired) electrons. The van der Waals surface area contributed by atoms with E-state index in [1.54, 1.807) is 53.7 Å².